The number of nitrogens with one attached hydrogen (secondary N) is 1. The second-order valence-electron chi connectivity index (χ2n) is 7.91. The number of carbonyl (C=O) groups is 2. The Balaban J connectivity index is 2.04. The van der Waals surface area contributed by atoms with Crippen molar-refractivity contribution in [2.24, 2.45) is 0 Å². The molecular formula is C23H29NO4. The fraction of sp³-hybridized carbons (Fsp3) is 0.391. The molecule has 0 spiro atoms. The predicted molar refractivity (Wildman–Crippen MR) is 111 cm³/mol. The molecule has 0 bridgehead atoms. The van der Waals surface area contributed by atoms with Crippen LogP contribution in [0.3, 0.4) is 0 Å². The van der Waals surface area contributed by atoms with Gasteiger partial charge in [-0.25, -0.2) is 0 Å². The van der Waals surface area contributed by atoms with Crippen LogP contribution in [0.2, 0.25) is 0 Å². The number of rotatable bonds is 8. The molecule has 0 aromatic heterocycles. The normalized spacial score (nSPS) is 12.5. The first kappa shape index (κ1) is 21.5. The maximum atomic E-state index is 12.7. The third kappa shape index (κ3) is 5.84. The Kier molecular flexibility index (Phi) is 6.84. The highest BCUT2D eigenvalue weighted by molar-refractivity contribution is 5.97. The largest absolute Gasteiger partial charge is 0.481 e. The van der Waals surface area contributed by atoms with Gasteiger partial charge in [0.1, 0.15) is 5.75 Å². The summed E-state index contributed by atoms with van der Waals surface area (Å²) in [5, 5.41) is 11.8. The van der Waals surface area contributed by atoms with E-state index in [0.717, 1.165) is 11.1 Å². The second kappa shape index (κ2) is 8.91. The lowest BCUT2D eigenvalue weighted by molar-refractivity contribution is -0.137. The molecule has 1 atom stereocenters. The summed E-state index contributed by atoms with van der Waals surface area (Å²) < 4.78 is 5.96. The molecule has 0 radical (unpaired) electrons. The molecule has 150 valence electrons. The molecule has 5 nitrogen and oxygen atoms in total. The van der Waals surface area contributed by atoms with Gasteiger partial charge in [0.15, 0.2) is 5.60 Å². The highest BCUT2D eigenvalue weighted by atomic mass is 16.5. The highest BCUT2D eigenvalue weighted by Gasteiger charge is 2.30. The average Bonchev–Trinajstić information content (AvgIpc) is 2.61. The van der Waals surface area contributed by atoms with E-state index in [0.29, 0.717) is 17.4 Å². The first-order chi connectivity index (χ1) is 13.1. The topological polar surface area (TPSA) is 75.6 Å². The fourth-order valence-corrected chi connectivity index (χ4v) is 2.83. The zero-order valence-corrected chi connectivity index (χ0v) is 17.2. The van der Waals surface area contributed by atoms with Gasteiger partial charge in [-0.15, -0.1) is 0 Å². The van der Waals surface area contributed by atoms with Crippen molar-refractivity contribution in [2.75, 3.05) is 5.32 Å². The van der Waals surface area contributed by atoms with Crippen LogP contribution in [0.1, 0.15) is 64.0 Å². The monoisotopic (exact) mass is 383 g/mol. The van der Waals surface area contributed by atoms with Crippen molar-refractivity contribution in [3.8, 4) is 5.75 Å². The highest BCUT2D eigenvalue weighted by Crippen LogP contribution is 2.25. The Bertz CT molecular complexity index is 825. The smallest absolute Gasteiger partial charge is 0.303 e. The van der Waals surface area contributed by atoms with Crippen LogP contribution in [0.15, 0.2) is 48.5 Å². The molecular weight excluding hydrogens is 354 g/mol. The summed E-state index contributed by atoms with van der Waals surface area (Å²) in [5.74, 6) is -0.138. The molecule has 5 heteroatoms. The van der Waals surface area contributed by atoms with Crippen LogP contribution < -0.4 is 10.1 Å². The Hall–Kier alpha value is -2.82. The number of amides is 1. The summed E-state index contributed by atoms with van der Waals surface area (Å²) in [6.07, 6.45) is 0.0714. The number of carboxylic acid groups (broad SMARTS) is 1. The van der Waals surface area contributed by atoms with Gasteiger partial charge in [0.05, 0.1) is 6.42 Å². The van der Waals surface area contributed by atoms with E-state index in [1.807, 2.05) is 43.3 Å². The van der Waals surface area contributed by atoms with Gasteiger partial charge in [-0.2, -0.15) is 0 Å². The minimum atomic E-state index is -1.05. The average molecular weight is 383 g/mol. The third-order valence-electron chi connectivity index (χ3n) is 4.66. The van der Waals surface area contributed by atoms with Crippen molar-refractivity contribution in [3.05, 3.63) is 59.7 Å². The van der Waals surface area contributed by atoms with Crippen molar-refractivity contribution in [2.45, 2.75) is 58.5 Å². The Labute approximate surface area is 166 Å². The van der Waals surface area contributed by atoms with Gasteiger partial charge in [0.2, 0.25) is 0 Å². The lowest BCUT2D eigenvalue weighted by Gasteiger charge is -2.26. The number of hydrogen-bond donors (Lipinski definition) is 2. The van der Waals surface area contributed by atoms with Gasteiger partial charge in [-0.05, 0) is 61.1 Å². The van der Waals surface area contributed by atoms with E-state index in [1.54, 1.807) is 26.0 Å². The molecule has 0 fully saturated rings. The summed E-state index contributed by atoms with van der Waals surface area (Å²) in [6.45, 7) is 9.54. The van der Waals surface area contributed by atoms with Gasteiger partial charge < -0.3 is 15.2 Å². The zero-order chi connectivity index (χ0) is 20.9. The van der Waals surface area contributed by atoms with Crippen molar-refractivity contribution in [1.82, 2.24) is 0 Å². The van der Waals surface area contributed by atoms with Crippen molar-refractivity contribution >= 4 is 17.6 Å². The molecule has 2 aromatic rings. The summed E-state index contributed by atoms with van der Waals surface area (Å²) in [7, 11) is 0. The van der Waals surface area contributed by atoms with Crippen LogP contribution in [0.5, 0.6) is 5.75 Å². The molecule has 28 heavy (non-hydrogen) atoms. The molecule has 0 aliphatic heterocycles. The summed E-state index contributed by atoms with van der Waals surface area (Å²) in [6, 6.07) is 15.0. The van der Waals surface area contributed by atoms with E-state index in [1.165, 1.54) is 0 Å². The third-order valence-corrected chi connectivity index (χ3v) is 4.66. The first-order valence-corrected chi connectivity index (χ1v) is 9.50. The number of carbonyl (C=O) groups excluding carboxylic acids is 1. The van der Waals surface area contributed by atoms with Crippen molar-refractivity contribution in [1.29, 1.82) is 0 Å². The number of anilines is 1. The maximum Gasteiger partial charge on any atom is 0.303 e. The molecule has 0 saturated carbocycles. The Morgan fingerprint density at radius 3 is 2.25 bits per heavy atom. The standard InChI is InChI=1S/C23H29NO4/c1-15(2)18-7-6-8-20(14-18)28-23(4,5)22(27)24-19-11-9-17(10-12-19)16(3)13-21(25)26/h6-12,14-16H,13H2,1-5H3,(H,24,27)(H,25,26). The van der Waals surface area contributed by atoms with Gasteiger partial charge in [-0.1, -0.05) is 45.0 Å². The van der Waals surface area contributed by atoms with Gasteiger partial charge in [-0.3, -0.25) is 9.59 Å². The van der Waals surface area contributed by atoms with Crippen LogP contribution in [0, 0.1) is 0 Å². The summed E-state index contributed by atoms with van der Waals surface area (Å²) >= 11 is 0. The van der Waals surface area contributed by atoms with Crippen LogP contribution in [-0.2, 0) is 9.59 Å². The van der Waals surface area contributed by atoms with Crippen molar-refractivity contribution < 1.29 is 19.4 Å². The maximum absolute atomic E-state index is 12.7. The first-order valence-electron chi connectivity index (χ1n) is 9.50. The zero-order valence-electron chi connectivity index (χ0n) is 17.2. The minimum absolute atomic E-state index is 0.0714. The molecule has 0 heterocycles. The van der Waals surface area contributed by atoms with E-state index in [4.69, 9.17) is 9.84 Å². The molecule has 1 unspecified atom stereocenters. The van der Waals surface area contributed by atoms with Crippen LogP contribution in [0.4, 0.5) is 5.69 Å². The van der Waals surface area contributed by atoms with E-state index in [9.17, 15) is 9.59 Å². The number of aliphatic carboxylic acids is 1. The molecule has 0 aliphatic carbocycles. The Morgan fingerprint density at radius 1 is 1.04 bits per heavy atom. The van der Waals surface area contributed by atoms with E-state index in [2.05, 4.69) is 19.2 Å². The van der Waals surface area contributed by atoms with Crippen LogP contribution >= 0.6 is 0 Å². The van der Waals surface area contributed by atoms with E-state index in [-0.39, 0.29) is 18.2 Å². The Morgan fingerprint density at radius 2 is 1.68 bits per heavy atom. The predicted octanol–water partition coefficient (Wildman–Crippen LogP) is 5.18. The molecule has 2 rings (SSSR count). The second-order valence-corrected chi connectivity index (χ2v) is 7.91. The molecule has 0 saturated heterocycles. The van der Waals surface area contributed by atoms with Gasteiger partial charge >= 0.3 is 5.97 Å². The molecule has 1 amide bonds. The van der Waals surface area contributed by atoms with Crippen LogP contribution in [-0.4, -0.2) is 22.6 Å². The lowest BCUT2D eigenvalue weighted by atomic mass is 9.97. The summed E-state index contributed by atoms with van der Waals surface area (Å²) in [4.78, 5) is 23.6. The van der Waals surface area contributed by atoms with Gasteiger partial charge in [0.25, 0.3) is 5.91 Å². The number of hydrogen-bond acceptors (Lipinski definition) is 3. The lowest BCUT2D eigenvalue weighted by Crippen LogP contribution is -2.42. The van der Waals surface area contributed by atoms with Crippen LogP contribution in [0.25, 0.3) is 0 Å². The summed E-state index contributed by atoms with van der Waals surface area (Å²) in [5.41, 5.74) is 1.66. The molecule has 2 N–H and O–H groups in total. The quantitative estimate of drug-likeness (QED) is 0.658. The van der Waals surface area contributed by atoms with Gasteiger partial charge in [0, 0.05) is 5.69 Å². The van der Waals surface area contributed by atoms with Crippen molar-refractivity contribution in [3.63, 3.8) is 0 Å². The number of ether oxygens (including phenoxy) is 1. The SMILES string of the molecule is CC(C)c1cccc(OC(C)(C)C(=O)Nc2ccc(C(C)CC(=O)O)cc2)c1. The molecule has 0 aliphatic rings. The molecule has 2 aromatic carbocycles. The number of benzene rings is 2. The van der Waals surface area contributed by atoms with E-state index < -0.39 is 11.6 Å². The number of carboxylic acids is 1. The minimum Gasteiger partial charge on any atom is -0.481 e. The fourth-order valence-electron chi connectivity index (χ4n) is 2.83. The van der Waals surface area contributed by atoms with E-state index >= 15 is 0 Å².